The van der Waals surface area contributed by atoms with Gasteiger partial charge in [0.15, 0.2) is 0 Å². The molecule has 0 spiro atoms. The number of anilines is 1. The maximum Gasteiger partial charge on any atom is 0.287 e. The van der Waals surface area contributed by atoms with E-state index in [1.807, 2.05) is 4.90 Å². The van der Waals surface area contributed by atoms with Gasteiger partial charge < -0.3 is 9.80 Å². The van der Waals surface area contributed by atoms with E-state index in [4.69, 9.17) is 0 Å². The third-order valence-corrected chi connectivity index (χ3v) is 5.12. The highest BCUT2D eigenvalue weighted by Gasteiger charge is 2.26. The van der Waals surface area contributed by atoms with Crippen LogP contribution in [0, 0.1) is 10.1 Å². The average Bonchev–Trinajstić information content (AvgIpc) is 2.63. The van der Waals surface area contributed by atoms with E-state index in [2.05, 4.69) is 21.7 Å². The molecule has 8 heteroatoms. The Labute approximate surface area is 147 Å². The van der Waals surface area contributed by atoms with Gasteiger partial charge in [-0.15, -0.1) is 0 Å². The van der Waals surface area contributed by atoms with Crippen LogP contribution in [0.25, 0.3) is 0 Å². The Morgan fingerprint density at radius 1 is 1.24 bits per heavy atom. The van der Waals surface area contributed by atoms with Gasteiger partial charge in [-0.25, -0.2) is 4.98 Å². The van der Waals surface area contributed by atoms with Crippen LogP contribution in [0.4, 0.5) is 11.5 Å². The van der Waals surface area contributed by atoms with Crippen molar-refractivity contribution >= 4 is 17.4 Å². The summed E-state index contributed by atoms with van der Waals surface area (Å²) in [6, 6.07) is 3.52. The molecule has 0 unspecified atom stereocenters. The smallest absolute Gasteiger partial charge is 0.287 e. The maximum atomic E-state index is 12.5. The fourth-order valence-electron chi connectivity index (χ4n) is 3.56. The third-order valence-electron chi connectivity index (χ3n) is 5.12. The Bertz CT molecular complexity index is 613. The summed E-state index contributed by atoms with van der Waals surface area (Å²) in [5, 5.41) is 10.7. The van der Waals surface area contributed by atoms with Crippen LogP contribution in [0.3, 0.4) is 0 Å². The number of aromatic nitrogens is 1. The van der Waals surface area contributed by atoms with Gasteiger partial charge in [-0.3, -0.25) is 19.8 Å². The highest BCUT2D eigenvalue weighted by Crippen LogP contribution is 2.19. The number of rotatable bonds is 4. The lowest BCUT2D eigenvalue weighted by Gasteiger charge is -2.38. The Kier molecular flexibility index (Phi) is 5.47. The summed E-state index contributed by atoms with van der Waals surface area (Å²) in [7, 11) is 0. The summed E-state index contributed by atoms with van der Waals surface area (Å²) >= 11 is 0. The van der Waals surface area contributed by atoms with Crippen molar-refractivity contribution in [2.24, 2.45) is 0 Å². The number of likely N-dealkylation sites (tertiary alicyclic amines) is 1. The molecule has 0 bridgehead atoms. The Morgan fingerprint density at radius 2 is 2.00 bits per heavy atom. The zero-order valence-corrected chi connectivity index (χ0v) is 14.6. The first-order chi connectivity index (χ1) is 12.0. The van der Waals surface area contributed by atoms with Crippen molar-refractivity contribution in [2.45, 2.75) is 32.2 Å². The topological polar surface area (TPSA) is 82.8 Å². The van der Waals surface area contributed by atoms with Crippen LogP contribution in [-0.2, 0) is 4.79 Å². The van der Waals surface area contributed by atoms with Crippen LogP contribution in [0.15, 0.2) is 18.3 Å². The van der Waals surface area contributed by atoms with E-state index < -0.39 is 4.92 Å². The van der Waals surface area contributed by atoms with Crippen molar-refractivity contribution < 1.29 is 9.72 Å². The molecule has 0 radical (unpaired) electrons. The molecule has 1 atom stereocenters. The van der Waals surface area contributed by atoms with Crippen LogP contribution in [0.2, 0.25) is 0 Å². The van der Waals surface area contributed by atoms with E-state index in [0.717, 1.165) is 51.4 Å². The van der Waals surface area contributed by atoms with Gasteiger partial charge in [-0.2, -0.15) is 0 Å². The minimum atomic E-state index is -0.443. The van der Waals surface area contributed by atoms with Crippen molar-refractivity contribution in [3.63, 3.8) is 0 Å². The monoisotopic (exact) mass is 347 g/mol. The second kappa shape index (κ2) is 7.77. The molecule has 25 heavy (non-hydrogen) atoms. The maximum absolute atomic E-state index is 12.5. The SMILES string of the molecule is C[C@H]1CCCCN1C(=O)CN1CCN(c2ccc([N+](=O)[O-])cn2)CC1. The minimum Gasteiger partial charge on any atom is -0.354 e. The van der Waals surface area contributed by atoms with Crippen LogP contribution >= 0.6 is 0 Å². The van der Waals surface area contributed by atoms with Gasteiger partial charge >= 0.3 is 0 Å². The summed E-state index contributed by atoms with van der Waals surface area (Å²) in [4.78, 5) is 33.3. The number of nitro groups is 1. The Morgan fingerprint density at radius 3 is 2.60 bits per heavy atom. The second-order valence-corrected chi connectivity index (χ2v) is 6.83. The van der Waals surface area contributed by atoms with E-state index in [9.17, 15) is 14.9 Å². The van der Waals surface area contributed by atoms with Gasteiger partial charge in [0.2, 0.25) is 5.91 Å². The van der Waals surface area contributed by atoms with Crippen molar-refractivity contribution in [1.82, 2.24) is 14.8 Å². The molecular weight excluding hydrogens is 322 g/mol. The minimum absolute atomic E-state index is 0.00336. The molecule has 0 aromatic carbocycles. The number of carbonyl (C=O) groups is 1. The van der Waals surface area contributed by atoms with E-state index in [0.29, 0.717) is 12.6 Å². The molecule has 2 aliphatic rings. The second-order valence-electron chi connectivity index (χ2n) is 6.83. The summed E-state index contributed by atoms with van der Waals surface area (Å²) < 4.78 is 0. The lowest BCUT2D eigenvalue weighted by Crippen LogP contribution is -2.52. The molecule has 1 amide bonds. The number of carbonyl (C=O) groups excluding carboxylic acids is 1. The molecule has 3 heterocycles. The van der Waals surface area contributed by atoms with Crippen LogP contribution in [0.5, 0.6) is 0 Å². The Balaban J connectivity index is 1.49. The quantitative estimate of drug-likeness (QED) is 0.606. The molecule has 2 fully saturated rings. The predicted octanol–water partition coefficient (Wildman–Crippen LogP) is 1.51. The standard InChI is InChI=1S/C17H25N5O3/c1-14-4-2-3-7-21(14)17(23)13-19-8-10-20(11-9-19)16-6-5-15(12-18-16)22(24)25/h5-6,12,14H,2-4,7-11,13H2,1H3/t14-/m0/s1. The third kappa shape index (κ3) is 4.25. The van der Waals surface area contributed by atoms with Crippen molar-refractivity contribution in [3.05, 3.63) is 28.4 Å². The number of amides is 1. The number of piperidine rings is 1. The lowest BCUT2D eigenvalue weighted by atomic mass is 10.0. The molecule has 136 valence electrons. The molecule has 3 rings (SSSR count). The van der Waals surface area contributed by atoms with Gasteiger partial charge in [-0.1, -0.05) is 0 Å². The van der Waals surface area contributed by atoms with Crippen LogP contribution < -0.4 is 4.90 Å². The molecule has 1 aromatic heterocycles. The van der Waals surface area contributed by atoms with E-state index in [1.54, 1.807) is 6.07 Å². The summed E-state index contributed by atoms with van der Waals surface area (Å²) in [6.45, 7) is 6.63. The first-order valence-electron chi connectivity index (χ1n) is 8.92. The van der Waals surface area contributed by atoms with Gasteiger partial charge in [-0.05, 0) is 32.3 Å². The molecule has 2 aliphatic heterocycles. The fraction of sp³-hybridized carbons (Fsp3) is 0.647. The largest absolute Gasteiger partial charge is 0.354 e. The first-order valence-corrected chi connectivity index (χ1v) is 8.92. The molecule has 0 aliphatic carbocycles. The van der Waals surface area contributed by atoms with Gasteiger partial charge in [0.05, 0.1) is 11.5 Å². The number of hydrogen-bond acceptors (Lipinski definition) is 6. The normalized spacial score (nSPS) is 22.0. The van der Waals surface area contributed by atoms with Gasteiger partial charge in [0.1, 0.15) is 12.0 Å². The van der Waals surface area contributed by atoms with E-state index >= 15 is 0 Å². The average molecular weight is 347 g/mol. The lowest BCUT2D eigenvalue weighted by molar-refractivity contribution is -0.385. The molecule has 0 saturated carbocycles. The number of pyridine rings is 1. The van der Waals surface area contributed by atoms with E-state index in [1.165, 1.54) is 18.7 Å². The zero-order valence-electron chi connectivity index (χ0n) is 14.6. The summed E-state index contributed by atoms with van der Waals surface area (Å²) in [5.41, 5.74) is 0.00336. The number of piperazine rings is 1. The summed E-state index contributed by atoms with van der Waals surface area (Å²) in [6.07, 6.45) is 4.72. The molecule has 2 saturated heterocycles. The van der Waals surface area contributed by atoms with Crippen molar-refractivity contribution in [3.8, 4) is 0 Å². The zero-order chi connectivity index (χ0) is 17.8. The molecular formula is C17H25N5O3. The van der Waals surface area contributed by atoms with Crippen molar-refractivity contribution in [2.75, 3.05) is 44.2 Å². The number of hydrogen-bond donors (Lipinski definition) is 0. The summed E-state index contributed by atoms with van der Waals surface area (Å²) in [5.74, 6) is 0.982. The van der Waals surface area contributed by atoms with Crippen molar-refractivity contribution in [1.29, 1.82) is 0 Å². The van der Waals surface area contributed by atoms with Crippen LogP contribution in [0.1, 0.15) is 26.2 Å². The molecule has 8 nitrogen and oxygen atoms in total. The van der Waals surface area contributed by atoms with E-state index in [-0.39, 0.29) is 11.6 Å². The highest BCUT2D eigenvalue weighted by molar-refractivity contribution is 5.78. The van der Waals surface area contributed by atoms with Crippen LogP contribution in [-0.4, -0.2) is 70.9 Å². The first kappa shape index (κ1) is 17.6. The molecule has 1 aromatic rings. The Hall–Kier alpha value is -2.22. The highest BCUT2D eigenvalue weighted by atomic mass is 16.6. The van der Waals surface area contributed by atoms with Gasteiger partial charge in [0, 0.05) is 44.8 Å². The van der Waals surface area contributed by atoms with Gasteiger partial charge in [0.25, 0.3) is 5.69 Å². The molecule has 0 N–H and O–H groups in total. The fourth-order valence-corrected chi connectivity index (χ4v) is 3.56. The number of nitrogens with zero attached hydrogens (tertiary/aromatic N) is 5. The predicted molar refractivity (Wildman–Crippen MR) is 94.6 cm³/mol.